The Morgan fingerprint density at radius 3 is 2.54 bits per heavy atom. The summed E-state index contributed by atoms with van der Waals surface area (Å²) in [4.78, 5) is 23.7. The molecule has 1 amide bonds. The van der Waals surface area contributed by atoms with Crippen molar-refractivity contribution in [2.75, 3.05) is 28.7 Å². The minimum absolute atomic E-state index is 0.0436. The highest BCUT2D eigenvalue weighted by atomic mass is 32.2. The van der Waals surface area contributed by atoms with Crippen molar-refractivity contribution >= 4 is 55.8 Å². The molecule has 2 aromatic rings. The number of methoxy groups -OCH3 is 1. The Kier molecular flexibility index (Phi) is 7.32. The zero-order valence-corrected chi connectivity index (χ0v) is 17.5. The second kappa shape index (κ2) is 9.30. The Bertz CT molecular complexity index is 949. The van der Waals surface area contributed by atoms with E-state index in [1.54, 1.807) is 0 Å². The number of anilines is 2. The average Bonchev–Trinajstić information content (AvgIpc) is 3.07. The van der Waals surface area contributed by atoms with Crippen LogP contribution in [0, 0.1) is 5.82 Å². The molecule has 0 aliphatic carbocycles. The van der Waals surface area contributed by atoms with E-state index in [9.17, 15) is 22.4 Å². The van der Waals surface area contributed by atoms with Crippen LogP contribution in [0.4, 0.5) is 15.2 Å². The standard InChI is InChI=1S/C15H17FN4O5S3/c1-9(20(28(3,23)24)11-6-4-10(16)5-7-11)13(22)17-14-18-19-15(27-14)26-8-12(21)25-2/h4-7,9H,8H2,1-3H3,(H,17,18,22). The van der Waals surface area contributed by atoms with Gasteiger partial charge < -0.3 is 4.74 Å². The Balaban J connectivity index is 2.12. The number of nitrogens with one attached hydrogen (secondary N) is 1. The quantitative estimate of drug-likeness (QED) is 0.368. The maximum atomic E-state index is 13.1. The van der Waals surface area contributed by atoms with Gasteiger partial charge in [0.25, 0.3) is 0 Å². The molecule has 1 atom stereocenters. The normalized spacial score (nSPS) is 12.3. The largest absolute Gasteiger partial charge is 0.468 e. The zero-order valence-electron chi connectivity index (χ0n) is 15.1. The number of ether oxygens (including phenoxy) is 1. The molecule has 1 heterocycles. The minimum Gasteiger partial charge on any atom is -0.468 e. The van der Waals surface area contributed by atoms with Gasteiger partial charge in [-0.15, -0.1) is 10.2 Å². The summed E-state index contributed by atoms with van der Waals surface area (Å²) in [5, 5.41) is 10.3. The van der Waals surface area contributed by atoms with Gasteiger partial charge in [-0.25, -0.2) is 12.8 Å². The van der Waals surface area contributed by atoms with Gasteiger partial charge in [-0.05, 0) is 31.2 Å². The molecule has 0 fully saturated rings. The lowest BCUT2D eigenvalue weighted by Gasteiger charge is -2.27. The number of aromatic nitrogens is 2. The van der Waals surface area contributed by atoms with E-state index in [4.69, 9.17) is 0 Å². The molecule has 0 aliphatic rings. The molecule has 152 valence electrons. The number of benzene rings is 1. The first-order valence-corrected chi connectivity index (χ1v) is 11.4. The lowest BCUT2D eigenvalue weighted by molar-refractivity contribution is -0.137. The SMILES string of the molecule is COC(=O)CSc1nnc(NC(=O)C(C)N(c2ccc(F)cc2)S(C)(=O)=O)s1. The first-order chi connectivity index (χ1) is 13.1. The van der Waals surface area contributed by atoms with E-state index < -0.39 is 33.8 Å². The number of hydrogen-bond acceptors (Lipinski definition) is 9. The maximum absolute atomic E-state index is 13.1. The fourth-order valence-corrected chi connectivity index (χ4v) is 4.87. The summed E-state index contributed by atoms with van der Waals surface area (Å²) < 4.78 is 43.3. The monoisotopic (exact) mass is 448 g/mol. The van der Waals surface area contributed by atoms with Gasteiger partial charge in [0.05, 0.1) is 24.8 Å². The number of halogens is 1. The van der Waals surface area contributed by atoms with Crippen LogP contribution in [0.25, 0.3) is 0 Å². The Morgan fingerprint density at radius 1 is 1.32 bits per heavy atom. The van der Waals surface area contributed by atoms with Gasteiger partial charge in [0.1, 0.15) is 11.9 Å². The summed E-state index contributed by atoms with van der Waals surface area (Å²) in [6.45, 7) is 1.40. The van der Waals surface area contributed by atoms with Gasteiger partial charge in [-0.2, -0.15) is 0 Å². The van der Waals surface area contributed by atoms with Crippen LogP contribution < -0.4 is 9.62 Å². The van der Waals surface area contributed by atoms with Crippen LogP contribution >= 0.6 is 23.1 Å². The smallest absolute Gasteiger partial charge is 0.316 e. The average molecular weight is 449 g/mol. The summed E-state index contributed by atoms with van der Waals surface area (Å²) >= 11 is 2.13. The molecule has 1 aromatic heterocycles. The van der Waals surface area contributed by atoms with E-state index in [1.165, 1.54) is 26.2 Å². The third-order valence-electron chi connectivity index (χ3n) is 3.35. The van der Waals surface area contributed by atoms with Crippen molar-refractivity contribution in [3.8, 4) is 0 Å². The van der Waals surface area contributed by atoms with Gasteiger partial charge in [-0.3, -0.25) is 19.2 Å². The highest BCUT2D eigenvalue weighted by Crippen LogP contribution is 2.26. The van der Waals surface area contributed by atoms with E-state index in [0.717, 1.165) is 45.8 Å². The van der Waals surface area contributed by atoms with Gasteiger partial charge in [-0.1, -0.05) is 23.1 Å². The molecule has 0 saturated heterocycles. The van der Waals surface area contributed by atoms with Crippen LogP contribution in [0.1, 0.15) is 6.92 Å². The molecule has 0 saturated carbocycles. The molecule has 0 aliphatic heterocycles. The summed E-state index contributed by atoms with van der Waals surface area (Å²) in [5.41, 5.74) is 0.151. The van der Waals surface area contributed by atoms with Crippen molar-refractivity contribution < 1.29 is 27.1 Å². The topological polar surface area (TPSA) is 119 Å². The van der Waals surface area contributed by atoms with Crippen LogP contribution in [0.15, 0.2) is 28.6 Å². The molecule has 0 radical (unpaired) electrons. The molecular weight excluding hydrogens is 431 g/mol. The molecule has 1 aromatic carbocycles. The van der Waals surface area contributed by atoms with Crippen molar-refractivity contribution in [3.05, 3.63) is 30.1 Å². The second-order valence-electron chi connectivity index (χ2n) is 5.44. The van der Waals surface area contributed by atoms with E-state index in [0.29, 0.717) is 4.34 Å². The first-order valence-electron chi connectivity index (χ1n) is 7.70. The number of esters is 1. The van der Waals surface area contributed by atoms with Crippen LogP contribution in [0.5, 0.6) is 0 Å². The molecule has 0 bridgehead atoms. The predicted octanol–water partition coefficient (Wildman–Crippen LogP) is 1.74. The van der Waals surface area contributed by atoms with Crippen LogP contribution in [0.3, 0.4) is 0 Å². The Hall–Kier alpha value is -2.25. The van der Waals surface area contributed by atoms with Crippen LogP contribution in [0.2, 0.25) is 0 Å². The van der Waals surface area contributed by atoms with Crippen molar-refractivity contribution in [3.63, 3.8) is 0 Å². The number of amides is 1. The third kappa shape index (κ3) is 5.87. The Labute approximate surface area is 169 Å². The lowest BCUT2D eigenvalue weighted by atomic mass is 10.2. The first kappa shape index (κ1) is 22.0. The van der Waals surface area contributed by atoms with Crippen molar-refractivity contribution in [2.24, 2.45) is 0 Å². The van der Waals surface area contributed by atoms with Crippen molar-refractivity contribution in [1.29, 1.82) is 0 Å². The van der Waals surface area contributed by atoms with Gasteiger partial charge in [0.15, 0.2) is 4.34 Å². The lowest BCUT2D eigenvalue weighted by Crippen LogP contribution is -2.45. The summed E-state index contributed by atoms with van der Waals surface area (Å²) in [6.07, 6.45) is 0.951. The molecule has 13 heteroatoms. The maximum Gasteiger partial charge on any atom is 0.316 e. The highest BCUT2D eigenvalue weighted by molar-refractivity contribution is 8.01. The molecular formula is C15H17FN4O5S3. The summed E-state index contributed by atoms with van der Waals surface area (Å²) in [5.74, 6) is -1.56. The fourth-order valence-electron chi connectivity index (χ4n) is 2.10. The highest BCUT2D eigenvalue weighted by Gasteiger charge is 2.29. The fraction of sp³-hybridized carbons (Fsp3) is 0.333. The molecule has 2 rings (SSSR count). The summed E-state index contributed by atoms with van der Waals surface area (Å²) in [6, 6.07) is 3.62. The van der Waals surface area contributed by atoms with Crippen molar-refractivity contribution in [2.45, 2.75) is 17.3 Å². The van der Waals surface area contributed by atoms with E-state index in [-0.39, 0.29) is 16.6 Å². The summed E-state index contributed by atoms with van der Waals surface area (Å²) in [7, 11) is -2.55. The zero-order chi connectivity index (χ0) is 20.9. The number of hydrogen-bond donors (Lipinski definition) is 1. The minimum atomic E-state index is -3.82. The number of thioether (sulfide) groups is 1. The molecule has 1 unspecified atom stereocenters. The second-order valence-corrected chi connectivity index (χ2v) is 9.50. The molecule has 28 heavy (non-hydrogen) atoms. The molecule has 0 spiro atoms. The molecule has 1 N–H and O–H groups in total. The van der Waals surface area contributed by atoms with Crippen molar-refractivity contribution in [1.82, 2.24) is 10.2 Å². The number of carbonyl (C=O) groups is 2. The predicted molar refractivity (Wildman–Crippen MR) is 104 cm³/mol. The molecule has 9 nitrogen and oxygen atoms in total. The number of carbonyl (C=O) groups excluding carboxylic acids is 2. The van der Waals surface area contributed by atoms with Crippen LogP contribution in [-0.2, 0) is 24.3 Å². The van der Waals surface area contributed by atoms with Crippen LogP contribution in [-0.4, -0.2) is 55.7 Å². The van der Waals surface area contributed by atoms with E-state index in [1.807, 2.05) is 0 Å². The van der Waals surface area contributed by atoms with Gasteiger partial charge in [0.2, 0.25) is 21.1 Å². The van der Waals surface area contributed by atoms with E-state index >= 15 is 0 Å². The number of rotatable bonds is 8. The number of nitrogens with zero attached hydrogens (tertiary/aromatic N) is 3. The van der Waals surface area contributed by atoms with E-state index in [2.05, 4.69) is 20.3 Å². The van der Waals surface area contributed by atoms with Gasteiger partial charge in [0, 0.05) is 0 Å². The third-order valence-corrected chi connectivity index (χ3v) is 6.53. The van der Waals surface area contributed by atoms with Gasteiger partial charge >= 0.3 is 5.97 Å². The Morgan fingerprint density at radius 2 is 1.96 bits per heavy atom. The number of sulfonamides is 1.